The minimum atomic E-state index is -0.326. The summed E-state index contributed by atoms with van der Waals surface area (Å²) in [6.07, 6.45) is 4.94. The molecule has 0 spiro atoms. The number of hydrogen-bond acceptors (Lipinski definition) is 9. The van der Waals surface area contributed by atoms with Crippen LogP contribution in [0.2, 0.25) is 5.02 Å². The Labute approximate surface area is 252 Å². The zero-order valence-corrected chi connectivity index (χ0v) is 27.3. The summed E-state index contributed by atoms with van der Waals surface area (Å²) in [5.74, 6) is 0.256. The first kappa shape index (κ1) is 36.9. The molecule has 2 unspecified atom stereocenters. The van der Waals surface area contributed by atoms with E-state index < -0.39 is 0 Å². The molecule has 2 fully saturated rings. The van der Waals surface area contributed by atoms with Crippen LogP contribution in [0.1, 0.15) is 83.5 Å². The highest BCUT2D eigenvalue weighted by Crippen LogP contribution is 2.26. The third-order valence-corrected chi connectivity index (χ3v) is 7.70. The van der Waals surface area contributed by atoms with E-state index in [9.17, 15) is 9.59 Å². The maximum absolute atomic E-state index is 12.9. The Kier molecular flexibility index (Phi) is 17.9. The Balaban J connectivity index is 0.00000201. The highest BCUT2D eigenvalue weighted by atomic mass is 35.5. The number of likely N-dealkylation sites (tertiary alicyclic amines) is 2. The second kappa shape index (κ2) is 19.9. The van der Waals surface area contributed by atoms with Crippen molar-refractivity contribution in [2.24, 2.45) is 5.92 Å². The number of nitrogen functional groups attached to an aromatic ring is 1. The van der Waals surface area contributed by atoms with Crippen LogP contribution in [0.15, 0.2) is 6.07 Å². The molecule has 2 aliphatic heterocycles. The lowest BCUT2D eigenvalue weighted by Crippen LogP contribution is -2.54. The fraction of sp³-hybridized carbons (Fsp3) is 0.767. The van der Waals surface area contributed by atoms with E-state index >= 15 is 0 Å². The number of esters is 1. The zero-order valence-electron chi connectivity index (χ0n) is 26.5. The van der Waals surface area contributed by atoms with Gasteiger partial charge in [-0.15, -0.1) is 0 Å². The number of rotatable bonds is 11. The number of nitrogens with zero attached hydrogens (tertiary/aromatic N) is 3. The highest BCUT2D eigenvalue weighted by molar-refractivity contribution is 6.33. The normalized spacial score (nSPS) is 22.9. The van der Waals surface area contributed by atoms with E-state index in [1.807, 2.05) is 27.7 Å². The molecule has 1 amide bonds. The van der Waals surface area contributed by atoms with Crippen molar-refractivity contribution in [2.45, 2.75) is 91.4 Å². The maximum Gasteiger partial charge on any atom is 0.306 e. The summed E-state index contributed by atoms with van der Waals surface area (Å²) in [5.41, 5.74) is 5.96. The number of carbonyl (C=O) groups excluding carboxylic acids is 2. The molecule has 0 saturated carbocycles. The molecular formula is C30H54ClN5O5. The molecule has 236 valence electrons. The van der Waals surface area contributed by atoms with Gasteiger partial charge in [0.15, 0.2) is 0 Å². The first-order chi connectivity index (χ1) is 19.7. The van der Waals surface area contributed by atoms with Crippen molar-refractivity contribution in [1.82, 2.24) is 20.1 Å². The van der Waals surface area contributed by atoms with Gasteiger partial charge in [-0.25, -0.2) is 0 Å². The lowest BCUT2D eigenvalue weighted by atomic mass is 9.96. The van der Waals surface area contributed by atoms with Crippen molar-refractivity contribution in [1.29, 1.82) is 0 Å². The van der Waals surface area contributed by atoms with Crippen molar-refractivity contribution < 1.29 is 23.8 Å². The van der Waals surface area contributed by atoms with Crippen LogP contribution in [0.4, 0.5) is 5.82 Å². The number of hydrogen-bond donors (Lipinski definition) is 2. The molecule has 3 heterocycles. The number of unbranched alkanes of at least 4 members (excludes halogenated alkanes) is 2. The van der Waals surface area contributed by atoms with Gasteiger partial charge in [0.25, 0.3) is 5.91 Å². The minimum Gasteiger partial charge on any atom is -0.480 e. The summed E-state index contributed by atoms with van der Waals surface area (Å²) in [6, 6.07) is 1.32. The van der Waals surface area contributed by atoms with Gasteiger partial charge in [-0.05, 0) is 57.8 Å². The summed E-state index contributed by atoms with van der Waals surface area (Å²) in [7, 11) is 5.16. The van der Waals surface area contributed by atoms with Gasteiger partial charge < -0.3 is 35.1 Å². The van der Waals surface area contributed by atoms with Gasteiger partial charge in [0.05, 0.1) is 24.3 Å². The van der Waals surface area contributed by atoms with Crippen LogP contribution in [0.25, 0.3) is 0 Å². The Hall–Kier alpha value is -2.14. The molecular weight excluding hydrogens is 546 g/mol. The second-order valence-electron chi connectivity index (χ2n) is 10.2. The topological polar surface area (TPSA) is 119 Å². The van der Waals surface area contributed by atoms with E-state index in [1.165, 1.54) is 13.2 Å². The number of nitrogens with one attached hydrogen (secondary N) is 1. The molecule has 0 aromatic carbocycles. The van der Waals surface area contributed by atoms with E-state index in [2.05, 4.69) is 34.1 Å². The van der Waals surface area contributed by atoms with Gasteiger partial charge in [0.2, 0.25) is 5.88 Å². The average Bonchev–Trinajstić information content (AvgIpc) is 2.98. The van der Waals surface area contributed by atoms with Crippen molar-refractivity contribution in [3.8, 4) is 5.88 Å². The highest BCUT2D eigenvalue weighted by Gasteiger charge is 2.31. The summed E-state index contributed by atoms with van der Waals surface area (Å²) in [5, 5.41) is 3.24. The third kappa shape index (κ3) is 11.9. The Morgan fingerprint density at radius 3 is 2.44 bits per heavy atom. The van der Waals surface area contributed by atoms with E-state index in [1.54, 1.807) is 7.11 Å². The average molecular weight is 600 g/mol. The van der Waals surface area contributed by atoms with Gasteiger partial charge in [0.1, 0.15) is 17.5 Å². The quantitative estimate of drug-likeness (QED) is 0.277. The van der Waals surface area contributed by atoms with E-state index in [0.717, 1.165) is 58.3 Å². The Morgan fingerprint density at radius 2 is 1.78 bits per heavy atom. The zero-order chi connectivity index (χ0) is 30.9. The van der Waals surface area contributed by atoms with E-state index in [-0.39, 0.29) is 52.4 Å². The number of methoxy groups -OCH3 is 2. The number of likely N-dealkylation sites (N-methyl/N-ethyl adjacent to an activating group) is 1. The largest absolute Gasteiger partial charge is 0.480 e. The van der Waals surface area contributed by atoms with Crippen LogP contribution >= 0.6 is 11.6 Å². The summed E-state index contributed by atoms with van der Waals surface area (Å²) < 4.78 is 16.6. The van der Waals surface area contributed by atoms with Crippen LogP contribution in [0.3, 0.4) is 0 Å². The second-order valence-corrected chi connectivity index (χ2v) is 10.6. The predicted octanol–water partition coefficient (Wildman–Crippen LogP) is 4.64. The molecule has 0 bridgehead atoms. The number of ether oxygens (including phenoxy) is 3. The van der Waals surface area contributed by atoms with Gasteiger partial charge in [0, 0.05) is 33.2 Å². The van der Waals surface area contributed by atoms with Crippen molar-refractivity contribution in [3.05, 3.63) is 16.7 Å². The fourth-order valence-electron chi connectivity index (χ4n) is 4.99. The third-order valence-electron chi connectivity index (χ3n) is 7.40. The molecule has 1 aromatic rings. The monoisotopic (exact) mass is 599 g/mol. The number of aromatic nitrogens is 1. The SMILES string of the molecule is CC.CC.COc1nc(N)c(Cl)cc1C(=O)N[C@@H]1CCN(CCCCCC(=O)OC2CN(C)CCC2C)C[C@@H]1OC. The number of amides is 1. The molecule has 0 radical (unpaired) electrons. The first-order valence-electron chi connectivity index (χ1n) is 15.2. The first-order valence-corrected chi connectivity index (χ1v) is 15.5. The number of pyridine rings is 1. The molecule has 0 aliphatic carbocycles. The summed E-state index contributed by atoms with van der Waals surface area (Å²) >= 11 is 6.07. The molecule has 10 nitrogen and oxygen atoms in total. The molecule has 1 aromatic heterocycles. The van der Waals surface area contributed by atoms with Crippen LogP contribution < -0.4 is 15.8 Å². The number of halogens is 1. The van der Waals surface area contributed by atoms with Gasteiger partial charge >= 0.3 is 5.97 Å². The molecule has 2 saturated heterocycles. The van der Waals surface area contributed by atoms with Crippen LogP contribution in [0.5, 0.6) is 5.88 Å². The van der Waals surface area contributed by atoms with Gasteiger partial charge in [-0.2, -0.15) is 4.98 Å². The molecule has 41 heavy (non-hydrogen) atoms. The summed E-state index contributed by atoms with van der Waals surface area (Å²) in [4.78, 5) is 33.8. The van der Waals surface area contributed by atoms with Crippen LogP contribution in [-0.4, -0.2) is 98.9 Å². The van der Waals surface area contributed by atoms with Crippen molar-refractivity contribution >= 4 is 29.3 Å². The number of piperidine rings is 2. The van der Waals surface area contributed by atoms with E-state index in [4.69, 9.17) is 31.5 Å². The molecule has 4 atom stereocenters. The Bertz CT molecular complexity index is 922. The lowest BCUT2D eigenvalue weighted by Gasteiger charge is -2.38. The number of anilines is 1. The maximum atomic E-state index is 12.9. The summed E-state index contributed by atoms with van der Waals surface area (Å²) in [6.45, 7) is 14.5. The van der Waals surface area contributed by atoms with Crippen LogP contribution in [0, 0.1) is 5.92 Å². The number of nitrogens with two attached hydrogens (primary N) is 1. The molecule has 3 N–H and O–H groups in total. The molecule has 11 heteroatoms. The van der Waals surface area contributed by atoms with Crippen LogP contribution in [-0.2, 0) is 14.3 Å². The number of carbonyl (C=O) groups is 2. The minimum absolute atomic E-state index is 0.00775. The van der Waals surface area contributed by atoms with Crippen molar-refractivity contribution in [2.75, 3.05) is 59.7 Å². The predicted molar refractivity (Wildman–Crippen MR) is 166 cm³/mol. The van der Waals surface area contributed by atoms with Gasteiger partial charge in [-0.1, -0.05) is 52.6 Å². The van der Waals surface area contributed by atoms with Crippen molar-refractivity contribution in [3.63, 3.8) is 0 Å². The molecule has 3 rings (SSSR count). The standard InChI is InChI=1S/C26H42ClN5O5.2C2H6/c1-17-9-12-31(2)15-21(17)37-23(33)8-6-5-7-11-32-13-10-20(22(16-32)35-3)29-25(34)18-14-19(27)24(28)30-26(18)36-4;2*1-2/h14,17,20-22H,5-13,15-16H2,1-4H3,(H2,28,30)(H,29,34);2*1-2H3/t17?,20-,21?,22+;;/m1../s1. The Morgan fingerprint density at radius 1 is 1.07 bits per heavy atom. The van der Waals surface area contributed by atoms with Gasteiger partial charge in [-0.3, -0.25) is 9.59 Å². The fourth-order valence-corrected chi connectivity index (χ4v) is 5.14. The molecule has 2 aliphatic rings. The van der Waals surface area contributed by atoms with E-state index in [0.29, 0.717) is 18.9 Å². The lowest BCUT2D eigenvalue weighted by molar-refractivity contribution is -0.154. The smallest absolute Gasteiger partial charge is 0.306 e.